The largest absolute Gasteiger partial charge is 0.494 e. The number of aliphatic hydroxyl groups is 1. The number of rotatable bonds is 5. The van der Waals surface area contributed by atoms with E-state index in [1.807, 2.05) is 12.1 Å². The van der Waals surface area contributed by atoms with Crippen LogP contribution in [0.1, 0.15) is 17.4 Å². The van der Waals surface area contributed by atoms with Crippen LogP contribution in [0.5, 0.6) is 11.6 Å². The number of aliphatic hydroxyl groups excluding tert-OH is 1. The molecule has 1 atom stereocenters. The van der Waals surface area contributed by atoms with Crippen LogP contribution in [-0.2, 0) is 6.42 Å². The molecule has 0 bridgehead atoms. The smallest absolute Gasteiger partial charge is 0.307 e. The van der Waals surface area contributed by atoms with Crippen molar-refractivity contribution in [2.75, 3.05) is 6.61 Å². The van der Waals surface area contributed by atoms with Crippen molar-refractivity contribution in [3.05, 3.63) is 44.4 Å². The Bertz CT molecular complexity index is 585. The van der Waals surface area contributed by atoms with E-state index in [4.69, 9.17) is 9.84 Å². The first-order valence-electron chi connectivity index (χ1n) is 5.85. The number of thiazole rings is 1. The fourth-order valence-electron chi connectivity index (χ4n) is 1.58. The van der Waals surface area contributed by atoms with E-state index in [0.717, 1.165) is 16.9 Å². The molecule has 0 amide bonds. The fourth-order valence-corrected chi connectivity index (χ4v) is 2.34. The molecule has 0 radical (unpaired) electrons. The summed E-state index contributed by atoms with van der Waals surface area (Å²) in [5.74, 6) is 0.612. The molecule has 0 aliphatic carbocycles. The molecule has 19 heavy (non-hydrogen) atoms. The van der Waals surface area contributed by atoms with Crippen molar-refractivity contribution in [3.8, 4) is 11.6 Å². The highest BCUT2D eigenvalue weighted by atomic mass is 32.1. The van der Waals surface area contributed by atoms with Crippen LogP contribution in [0, 0.1) is 0 Å². The van der Waals surface area contributed by atoms with Crippen molar-refractivity contribution in [3.63, 3.8) is 0 Å². The third-order valence-corrected chi connectivity index (χ3v) is 3.35. The number of aromatic nitrogens is 1. The fraction of sp³-hybridized carbons (Fsp3) is 0.308. The highest BCUT2D eigenvalue weighted by molar-refractivity contribution is 7.09. The number of hydrogen-bond donors (Lipinski definition) is 3. The third kappa shape index (κ3) is 3.84. The summed E-state index contributed by atoms with van der Waals surface area (Å²) in [6.07, 6.45) is -0.0138. The predicted octanol–water partition coefficient (Wildman–Crippen LogP) is 1.49. The summed E-state index contributed by atoms with van der Waals surface area (Å²) in [6.45, 7) is 1.91. The molecule has 2 aromatic rings. The van der Waals surface area contributed by atoms with E-state index >= 15 is 0 Å². The van der Waals surface area contributed by atoms with Gasteiger partial charge in [0.25, 0.3) is 0 Å². The molecule has 102 valence electrons. The first-order valence-corrected chi connectivity index (χ1v) is 6.67. The van der Waals surface area contributed by atoms with Crippen LogP contribution in [0.3, 0.4) is 0 Å². The van der Waals surface area contributed by atoms with Gasteiger partial charge in [0.15, 0.2) is 0 Å². The quantitative estimate of drug-likeness (QED) is 0.775. The van der Waals surface area contributed by atoms with Gasteiger partial charge in [0, 0.05) is 6.42 Å². The molecule has 0 aliphatic rings. The van der Waals surface area contributed by atoms with Gasteiger partial charge in [-0.15, -0.1) is 0 Å². The van der Waals surface area contributed by atoms with Crippen molar-refractivity contribution in [2.24, 2.45) is 0 Å². The van der Waals surface area contributed by atoms with Gasteiger partial charge in [-0.2, -0.15) is 0 Å². The van der Waals surface area contributed by atoms with Crippen LogP contribution in [0.25, 0.3) is 0 Å². The van der Waals surface area contributed by atoms with Gasteiger partial charge in [-0.1, -0.05) is 23.5 Å². The lowest BCUT2D eigenvalue weighted by molar-refractivity contribution is 0.122. The number of ether oxygens (including phenoxy) is 1. The highest BCUT2D eigenvalue weighted by Crippen LogP contribution is 2.21. The average molecular weight is 281 g/mol. The molecule has 0 saturated heterocycles. The average Bonchev–Trinajstić information content (AvgIpc) is 2.67. The maximum absolute atomic E-state index is 11.1. The zero-order valence-electron chi connectivity index (χ0n) is 10.4. The molecule has 1 heterocycles. The molecule has 6 heteroatoms. The van der Waals surface area contributed by atoms with Gasteiger partial charge >= 0.3 is 4.87 Å². The van der Waals surface area contributed by atoms with E-state index in [1.54, 1.807) is 19.1 Å². The zero-order valence-corrected chi connectivity index (χ0v) is 11.2. The lowest BCUT2D eigenvalue weighted by Gasteiger charge is -2.08. The summed E-state index contributed by atoms with van der Waals surface area (Å²) in [4.78, 5) is 13.8. The molecule has 0 spiro atoms. The Labute approximate surface area is 114 Å². The summed E-state index contributed by atoms with van der Waals surface area (Å²) < 4.78 is 5.35. The maximum Gasteiger partial charge on any atom is 0.307 e. The maximum atomic E-state index is 11.1. The number of benzene rings is 1. The van der Waals surface area contributed by atoms with E-state index in [2.05, 4.69) is 4.98 Å². The first kappa shape index (κ1) is 13.6. The molecule has 5 nitrogen and oxygen atoms in total. The number of aromatic amines is 1. The number of H-pyrrole nitrogens is 1. The highest BCUT2D eigenvalue weighted by Gasteiger charge is 2.07. The van der Waals surface area contributed by atoms with Gasteiger partial charge in [0.1, 0.15) is 12.4 Å². The van der Waals surface area contributed by atoms with Crippen LogP contribution in [0.4, 0.5) is 0 Å². The first-order chi connectivity index (χ1) is 9.04. The van der Waals surface area contributed by atoms with Crippen LogP contribution in [-0.4, -0.2) is 27.9 Å². The molecular formula is C13H15NO4S. The van der Waals surface area contributed by atoms with E-state index in [0.29, 0.717) is 17.0 Å². The van der Waals surface area contributed by atoms with Crippen molar-refractivity contribution in [1.29, 1.82) is 0 Å². The van der Waals surface area contributed by atoms with Gasteiger partial charge in [0.05, 0.1) is 11.0 Å². The standard InChI is InChI=1S/C13H15NO4S/c1-8(15)7-18-10-4-2-9(3-5-10)6-11-12(16)14-13(17)19-11/h2-5,8,15-16H,6-7H2,1H3,(H,14,17). The minimum atomic E-state index is -0.506. The van der Waals surface area contributed by atoms with Gasteiger partial charge < -0.3 is 14.9 Å². The Morgan fingerprint density at radius 1 is 1.37 bits per heavy atom. The molecule has 1 aromatic carbocycles. The van der Waals surface area contributed by atoms with Crippen molar-refractivity contribution < 1.29 is 14.9 Å². The second kappa shape index (κ2) is 5.90. The van der Waals surface area contributed by atoms with E-state index < -0.39 is 6.10 Å². The molecule has 1 unspecified atom stereocenters. The summed E-state index contributed by atoms with van der Waals surface area (Å²) in [5.41, 5.74) is 0.968. The van der Waals surface area contributed by atoms with Crippen LogP contribution >= 0.6 is 11.3 Å². The minimum absolute atomic E-state index is 0.0653. The van der Waals surface area contributed by atoms with Crippen LogP contribution in [0.2, 0.25) is 0 Å². The van der Waals surface area contributed by atoms with Crippen LogP contribution < -0.4 is 9.61 Å². The molecule has 0 aliphatic heterocycles. The Balaban J connectivity index is 2.02. The van der Waals surface area contributed by atoms with Gasteiger partial charge in [-0.3, -0.25) is 9.78 Å². The molecule has 3 N–H and O–H groups in total. The van der Waals surface area contributed by atoms with Gasteiger partial charge in [-0.25, -0.2) is 0 Å². The Morgan fingerprint density at radius 2 is 2.05 bits per heavy atom. The Kier molecular flexibility index (Phi) is 4.24. The number of nitrogens with one attached hydrogen (secondary N) is 1. The molecular weight excluding hydrogens is 266 g/mol. The van der Waals surface area contributed by atoms with E-state index in [-0.39, 0.29) is 17.4 Å². The lowest BCUT2D eigenvalue weighted by atomic mass is 10.1. The second-order valence-electron chi connectivity index (χ2n) is 4.27. The van der Waals surface area contributed by atoms with Crippen molar-refractivity contribution in [2.45, 2.75) is 19.4 Å². The molecule has 0 fully saturated rings. The van der Waals surface area contributed by atoms with Gasteiger partial charge in [-0.05, 0) is 24.6 Å². The summed E-state index contributed by atoms with van der Waals surface area (Å²) in [6, 6.07) is 7.32. The Morgan fingerprint density at radius 3 is 2.58 bits per heavy atom. The normalized spacial score (nSPS) is 12.3. The SMILES string of the molecule is CC(O)COc1ccc(Cc2sc(=O)[nH]c2O)cc1. The van der Waals surface area contributed by atoms with Crippen molar-refractivity contribution in [1.82, 2.24) is 4.98 Å². The predicted molar refractivity (Wildman–Crippen MR) is 73.0 cm³/mol. The lowest BCUT2D eigenvalue weighted by Crippen LogP contribution is -2.12. The Hall–Kier alpha value is -1.79. The summed E-state index contributed by atoms with van der Waals surface area (Å²) >= 11 is 1.00. The van der Waals surface area contributed by atoms with E-state index in [9.17, 15) is 9.90 Å². The van der Waals surface area contributed by atoms with Crippen molar-refractivity contribution >= 4 is 11.3 Å². The summed E-state index contributed by atoms with van der Waals surface area (Å²) in [5, 5.41) is 18.6. The summed E-state index contributed by atoms with van der Waals surface area (Å²) in [7, 11) is 0. The topological polar surface area (TPSA) is 82.5 Å². The zero-order chi connectivity index (χ0) is 13.8. The number of hydrogen-bond acceptors (Lipinski definition) is 5. The van der Waals surface area contributed by atoms with E-state index in [1.165, 1.54) is 0 Å². The molecule has 2 rings (SSSR count). The minimum Gasteiger partial charge on any atom is -0.494 e. The monoisotopic (exact) mass is 281 g/mol. The van der Waals surface area contributed by atoms with Crippen LogP contribution in [0.15, 0.2) is 29.1 Å². The van der Waals surface area contributed by atoms with Gasteiger partial charge in [0.2, 0.25) is 5.88 Å². The third-order valence-electron chi connectivity index (χ3n) is 2.48. The molecule has 0 saturated carbocycles. The number of aromatic hydroxyl groups is 1. The second-order valence-corrected chi connectivity index (χ2v) is 5.33. The molecule has 1 aromatic heterocycles.